The highest BCUT2D eigenvalue weighted by atomic mass is 32.1. The van der Waals surface area contributed by atoms with E-state index in [2.05, 4.69) is 10.3 Å². The zero-order valence-electron chi connectivity index (χ0n) is 14.0. The molecule has 0 aliphatic carbocycles. The number of carbonyl (C=O) groups excluding carboxylic acids is 1. The maximum absolute atomic E-state index is 12.6. The molecule has 6 heteroatoms. The fourth-order valence-corrected chi connectivity index (χ4v) is 3.31. The molecule has 0 unspecified atom stereocenters. The summed E-state index contributed by atoms with van der Waals surface area (Å²) in [6, 6.07) is 5.87. The molecule has 3 rings (SSSR count). The topological polar surface area (TPSA) is 60.5 Å². The molecule has 1 fully saturated rings. The Bertz CT molecular complexity index is 688. The highest BCUT2D eigenvalue weighted by Crippen LogP contribution is 2.16. The SMILES string of the molecule is Cc1ccc(C)c(C(=O)N[C@@H]2CCOC[C@H]2OCc2cscn2)c1. The van der Waals surface area contributed by atoms with Gasteiger partial charge in [0, 0.05) is 17.6 Å². The molecular weight excluding hydrogens is 324 g/mol. The number of thiazole rings is 1. The van der Waals surface area contributed by atoms with E-state index < -0.39 is 0 Å². The molecule has 1 aliphatic rings. The molecule has 1 aliphatic heterocycles. The Hall–Kier alpha value is -1.76. The number of aryl methyl sites for hydroxylation is 2. The number of hydrogen-bond acceptors (Lipinski definition) is 5. The van der Waals surface area contributed by atoms with E-state index in [0.29, 0.717) is 19.8 Å². The average molecular weight is 346 g/mol. The van der Waals surface area contributed by atoms with E-state index in [1.165, 1.54) is 0 Å². The molecule has 0 spiro atoms. The summed E-state index contributed by atoms with van der Waals surface area (Å²) < 4.78 is 11.5. The molecule has 24 heavy (non-hydrogen) atoms. The van der Waals surface area contributed by atoms with Gasteiger partial charge in [0.25, 0.3) is 5.91 Å². The number of amides is 1. The number of nitrogens with zero attached hydrogens (tertiary/aromatic N) is 1. The molecule has 0 radical (unpaired) electrons. The van der Waals surface area contributed by atoms with E-state index in [4.69, 9.17) is 9.47 Å². The number of ether oxygens (including phenoxy) is 2. The van der Waals surface area contributed by atoms with Gasteiger partial charge in [0.1, 0.15) is 6.10 Å². The van der Waals surface area contributed by atoms with E-state index in [1.54, 1.807) is 16.8 Å². The van der Waals surface area contributed by atoms with Crippen molar-refractivity contribution in [3.63, 3.8) is 0 Å². The average Bonchev–Trinajstić information content (AvgIpc) is 3.09. The number of aromatic nitrogens is 1. The van der Waals surface area contributed by atoms with Gasteiger partial charge in [-0.15, -0.1) is 11.3 Å². The third-order valence-electron chi connectivity index (χ3n) is 4.19. The first-order valence-electron chi connectivity index (χ1n) is 8.08. The van der Waals surface area contributed by atoms with Crippen LogP contribution < -0.4 is 5.32 Å². The number of rotatable bonds is 5. The zero-order chi connectivity index (χ0) is 16.9. The van der Waals surface area contributed by atoms with Crippen LogP contribution in [0.15, 0.2) is 29.1 Å². The predicted octanol–water partition coefficient (Wildman–Crippen LogP) is 2.86. The van der Waals surface area contributed by atoms with Crippen molar-refractivity contribution in [1.82, 2.24) is 10.3 Å². The van der Waals surface area contributed by atoms with Crippen LogP contribution in [0.25, 0.3) is 0 Å². The van der Waals surface area contributed by atoms with E-state index in [1.807, 2.05) is 37.4 Å². The summed E-state index contributed by atoms with van der Waals surface area (Å²) in [5, 5.41) is 5.09. The molecular formula is C18H22N2O3S. The first-order chi connectivity index (χ1) is 11.6. The van der Waals surface area contributed by atoms with Gasteiger partial charge < -0.3 is 14.8 Å². The van der Waals surface area contributed by atoms with Gasteiger partial charge in [0.15, 0.2) is 0 Å². The predicted molar refractivity (Wildman–Crippen MR) is 93.3 cm³/mol. The monoisotopic (exact) mass is 346 g/mol. The summed E-state index contributed by atoms with van der Waals surface area (Å²) >= 11 is 1.55. The summed E-state index contributed by atoms with van der Waals surface area (Å²) in [6.45, 7) is 5.50. The van der Waals surface area contributed by atoms with Gasteiger partial charge in [-0.25, -0.2) is 4.98 Å². The van der Waals surface area contributed by atoms with E-state index >= 15 is 0 Å². The van der Waals surface area contributed by atoms with E-state index in [-0.39, 0.29) is 18.1 Å². The largest absolute Gasteiger partial charge is 0.379 e. The van der Waals surface area contributed by atoms with Crippen molar-refractivity contribution in [1.29, 1.82) is 0 Å². The van der Waals surface area contributed by atoms with Crippen molar-refractivity contribution >= 4 is 17.2 Å². The van der Waals surface area contributed by atoms with Gasteiger partial charge in [0.2, 0.25) is 0 Å². The van der Waals surface area contributed by atoms with Gasteiger partial charge >= 0.3 is 0 Å². The van der Waals surface area contributed by atoms with Crippen LogP contribution in [-0.4, -0.2) is 36.3 Å². The number of benzene rings is 1. The molecule has 1 aromatic heterocycles. The Balaban J connectivity index is 1.64. The fourth-order valence-electron chi connectivity index (χ4n) is 2.77. The van der Waals surface area contributed by atoms with Gasteiger partial charge in [-0.05, 0) is 31.9 Å². The third-order valence-corrected chi connectivity index (χ3v) is 4.82. The lowest BCUT2D eigenvalue weighted by atomic mass is 10.0. The molecule has 1 saturated heterocycles. The molecule has 2 atom stereocenters. The molecule has 1 N–H and O–H groups in total. The van der Waals surface area contributed by atoms with Crippen molar-refractivity contribution in [3.8, 4) is 0 Å². The third kappa shape index (κ3) is 4.20. The smallest absolute Gasteiger partial charge is 0.251 e. The van der Waals surface area contributed by atoms with Crippen LogP contribution in [0, 0.1) is 13.8 Å². The molecule has 1 aromatic carbocycles. The Morgan fingerprint density at radius 2 is 2.33 bits per heavy atom. The number of carbonyl (C=O) groups is 1. The maximum Gasteiger partial charge on any atom is 0.251 e. The van der Waals surface area contributed by atoms with E-state index in [9.17, 15) is 4.79 Å². The molecule has 2 heterocycles. The van der Waals surface area contributed by atoms with Crippen LogP contribution in [-0.2, 0) is 16.1 Å². The Kier molecular flexibility index (Phi) is 5.60. The highest BCUT2D eigenvalue weighted by Gasteiger charge is 2.28. The van der Waals surface area contributed by atoms with Crippen molar-refractivity contribution in [2.75, 3.05) is 13.2 Å². The second-order valence-corrected chi connectivity index (χ2v) is 6.81. The van der Waals surface area contributed by atoms with Gasteiger partial charge in [-0.2, -0.15) is 0 Å². The standard InChI is InChI=1S/C18H22N2O3S/c1-12-3-4-13(2)15(7-12)18(21)20-16-5-6-22-9-17(16)23-8-14-10-24-11-19-14/h3-4,7,10-11,16-17H,5-6,8-9H2,1-2H3,(H,20,21)/t16-,17-/m1/s1. The van der Waals surface area contributed by atoms with Crippen LogP contribution in [0.2, 0.25) is 0 Å². The first kappa shape index (κ1) is 17.1. The summed E-state index contributed by atoms with van der Waals surface area (Å²) in [5.41, 5.74) is 5.47. The molecule has 5 nitrogen and oxygen atoms in total. The minimum atomic E-state index is -0.158. The molecule has 0 bridgehead atoms. The lowest BCUT2D eigenvalue weighted by Gasteiger charge is -2.32. The lowest BCUT2D eigenvalue weighted by Crippen LogP contribution is -2.50. The van der Waals surface area contributed by atoms with Crippen LogP contribution in [0.1, 0.15) is 33.6 Å². The molecule has 2 aromatic rings. The van der Waals surface area contributed by atoms with Crippen molar-refractivity contribution in [2.45, 2.75) is 39.0 Å². The quantitative estimate of drug-likeness (QED) is 0.904. The maximum atomic E-state index is 12.6. The number of nitrogens with one attached hydrogen (secondary N) is 1. The normalized spacial score (nSPS) is 20.8. The van der Waals surface area contributed by atoms with Crippen molar-refractivity contribution in [3.05, 3.63) is 51.5 Å². The lowest BCUT2D eigenvalue weighted by molar-refractivity contribution is -0.0742. The number of hydrogen-bond donors (Lipinski definition) is 1. The summed E-state index contributed by atoms with van der Waals surface area (Å²) in [7, 11) is 0. The highest BCUT2D eigenvalue weighted by molar-refractivity contribution is 7.07. The first-order valence-corrected chi connectivity index (χ1v) is 9.02. The fraction of sp³-hybridized carbons (Fsp3) is 0.444. The van der Waals surface area contributed by atoms with Crippen LogP contribution in [0.5, 0.6) is 0 Å². The zero-order valence-corrected chi connectivity index (χ0v) is 14.8. The van der Waals surface area contributed by atoms with Crippen molar-refractivity contribution < 1.29 is 14.3 Å². The van der Waals surface area contributed by atoms with Gasteiger partial charge in [-0.1, -0.05) is 17.7 Å². The Morgan fingerprint density at radius 3 is 3.12 bits per heavy atom. The van der Waals surface area contributed by atoms with Gasteiger partial charge in [-0.3, -0.25) is 4.79 Å². The summed E-state index contributed by atoms with van der Waals surface area (Å²) in [6.07, 6.45) is 0.590. The minimum Gasteiger partial charge on any atom is -0.379 e. The molecule has 0 saturated carbocycles. The summed E-state index contributed by atoms with van der Waals surface area (Å²) in [4.78, 5) is 16.9. The van der Waals surface area contributed by atoms with Crippen LogP contribution in [0.3, 0.4) is 0 Å². The molecule has 128 valence electrons. The Morgan fingerprint density at radius 1 is 1.46 bits per heavy atom. The molecule has 1 amide bonds. The second-order valence-electron chi connectivity index (χ2n) is 6.09. The van der Waals surface area contributed by atoms with Crippen molar-refractivity contribution in [2.24, 2.45) is 0 Å². The second kappa shape index (κ2) is 7.88. The van der Waals surface area contributed by atoms with Crippen LogP contribution >= 0.6 is 11.3 Å². The van der Waals surface area contributed by atoms with Gasteiger partial charge in [0.05, 0.1) is 30.5 Å². The van der Waals surface area contributed by atoms with E-state index in [0.717, 1.165) is 28.8 Å². The minimum absolute atomic E-state index is 0.0506. The Labute approximate surface area is 146 Å². The summed E-state index contributed by atoms with van der Waals surface area (Å²) in [5.74, 6) is -0.0506. The van der Waals surface area contributed by atoms with Crippen LogP contribution in [0.4, 0.5) is 0 Å².